The van der Waals surface area contributed by atoms with Crippen LogP contribution in [-0.2, 0) is 14.8 Å². The number of benzene rings is 1. The summed E-state index contributed by atoms with van der Waals surface area (Å²) < 4.78 is 27.5. The topological polar surface area (TPSA) is 86.5 Å². The van der Waals surface area contributed by atoms with Crippen molar-refractivity contribution < 1.29 is 17.9 Å². The van der Waals surface area contributed by atoms with E-state index in [4.69, 9.17) is 21.5 Å². The van der Waals surface area contributed by atoms with Gasteiger partial charge in [0.15, 0.2) is 0 Å². The van der Waals surface area contributed by atoms with E-state index >= 15 is 0 Å². The Morgan fingerprint density at radius 1 is 1.33 bits per heavy atom. The largest absolute Gasteiger partial charge is 0.456 e. The van der Waals surface area contributed by atoms with Crippen molar-refractivity contribution in [1.29, 1.82) is 0 Å². The van der Waals surface area contributed by atoms with E-state index in [9.17, 15) is 13.2 Å². The minimum Gasteiger partial charge on any atom is -0.456 e. The van der Waals surface area contributed by atoms with E-state index in [1.54, 1.807) is 20.8 Å². The van der Waals surface area contributed by atoms with Crippen molar-refractivity contribution in [2.75, 3.05) is 0 Å². The predicted octanol–water partition coefficient (Wildman–Crippen LogP) is 1.94. The molecule has 1 rings (SSSR count). The number of ether oxygens (including phenoxy) is 1. The first-order chi connectivity index (χ1) is 8.00. The second kappa shape index (κ2) is 4.87. The lowest BCUT2D eigenvalue weighted by atomic mass is 10.1. The minimum absolute atomic E-state index is 0.0295. The van der Waals surface area contributed by atoms with E-state index in [0.717, 1.165) is 6.07 Å². The standard InChI is InChI=1S/C11H14ClNO4S/c1-11(2,3)17-10(14)8-6-7(18(13,15)16)4-5-9(8)12/h4-6H,1-3H3,(H2,13,15,16). The summed E-state index contributed by atoms with van der Waals surface area (Å²) in [7, 11) is -3.89. The first-order valence-corrected chi connectivity index (χ1v) is 6.99. The Morgan fingerprint density at radius 3 is 2.33 bits per heavy atom. The maximum Gasteiger partial charge on any atom is 0.340 e. The van der Waals surface area contributed by atoms with Gasteiger partial charge in [-0.2, -0.15) is 0 Å². The second-order valence-corrected chi connectivity index (χ2v) is 6.66. The molecule has 0 saturated carbocycles. The molecular weight excluding hydrogens is 278 g/mol. The maximum absolute atomic E-state index is 11.8. The number of esters is 1. The summed E-state index contributed by atoms with van der Waals surface area (Å²) in [4.78, 5) is 11.6. The minimum atomic E-state index is -3.89. The van der Waals surface area contributed by atoms with Crippen LogP contribution < -0.4 is 5.14 Å². The fourth-order valence-electron chi connectivity index (χ4n) is 1.17. The molecule has 1 aromatic carbocycles. The van der Waals surface area contributed by atoms with Crippen LogP contribution in [0.5, 0.6) is 0 Å². The monoisotopic (exact) mass is 291 g/mol. The van der Waals surface area contributed by atoms with Crippen LogP contribution >= 0.6 is 11.6 Å². The van der Waals surface area contributed by atoms with Crippen molar-refractivity contribution in [3.63, 3.8) is 0 Å². The Morgan fingerprint density at radius 2 is 1.89 bits per heavy atom. The summed E-state index contributed by atoms with van der Waals surface area (Å²) in [6.45, 7) is 5.09. The Labute approximate surface area is 111 Å². The van der Waals surface area contributed by atoms with Gasteiger partial charge >= 0.3 is 5.97 Å². The van der Waals surface area contributed by atoms with Crippen LogP contribution in [0, 0.1) is 0 Å². The molecule has 0 amide bonds. The SMILES string of the molecule is CC(C)(C)OC(=O)c1cc(S(N)(=O)=O)ccc1Cl. The molecule has 1 aromatic rings. The van der Waals surface area contributed by atoms with Gasteiger partial charge in [0.1, 0.15) is 5.60 Å². The molecule has 18 heavy (non-hydrogen) atoms. The van der Waals surface area contributed by atoms with Gasteiger partial charge in [0.2, 0.25) is 10.0 Å². The van der Waals surface area contributed by atoms with Crippen molar-refractivity contribution >= 4 is 27.6 Å². The zero-order valence-electron chi connectivity index (χ0n) is 10.2. The van der Waals surface area contributed by atoms with E-state index in [1.807, 2.05) is 0 Å². The third-order valence-corrected chi connectivity index (χ3v) is 3.13. The third-order valence-electron chi connectivity index (χ3n) is 1.89. The zero-order chi connectivity index (χ0) is 14.1. The molecule has 0 aliphatic rings. The van der Waals surface area contributed by atoms with Crippen LogP contribution in [0.15, 0.2) is 23.1 Å². The molecule has 0 fully saturated rings. The summed E-state index contributed by atoms with van der Waals surface area (Å²) in [5.74, 6) is -0.696. The van der Waals surface area contributed by atoms with Crippen molar-refractivity contribution in [1.82, 2.24) is 0 Å². The number of rotatable bonds is 2. The van der Waals surface area contributed by atoms with E-state index in [-0.39, 0.29) is 15.5 Å². The third kappa shape index (κ3) is 3.97. The molecule has 0 radical (unpaired) electrons. The van der Waals surface area contributed by atoms with Crippen LogP contribution in [0.3, 0.4) is 0 Å². The highest BCUT2D eigenvalue weighted by Crippen LogP contribution is 2.22. The van der Waals surface area contributed by atoms with Crippen molar-refractivity contribution in [3.8, 4) is 0 Å². The lowest BCUT2D eigenvalue weighted by molar-refractivity contribution is 0.00695. The summed E-state index contributed by atoms with van der Waals surface area (Å²) in [5, 5.41) is 5.09. The van der Waals surface area contributed by atoms with Gasteiger partial charge in [-0.15, -0.1) is 0 Å². The van der Waals surface area contributed by atoms with Gasteiger partial charge in [-0.25, -0.2) is 18.4 Å². The Hall–Kier alpha value is -1.11. The number of halogens is 1. The van der Waals surface area contributed by atoms with Gasteiger partial charge in [-0.1, -0.05) is 11.6 Å². The zero-order valence-corrected chi connectivity index (χ0v) is 11.8. The number of carbonyl (C=O) groups is 1. The van der Waals surface area contributed by atoms with Gasteiger partial charge in [-0.3, -0.25) is 0 Å². The molecule has 0 bridgehead atoms. The average Bonchev–Trinajstić information content (AvgIpc) is 2.13. The van der Waals surface area contributed by atoms with Gasteiger partial charge < -0.3 is 4.74 Å². The number of nitrogens with two attached hydrogens (primary N) is 1. The first kappa shape index (κ1) is 14.9. The highest BCUT2D eigenvalue weighted by atomic mass is 35.5. The Balaban J connectivity index is 3.21. The Kier molecular flexibility index (Phi) is 4.05. The van der Waals surface area contributed by atoms with E-state index in [2.05, 4.69) is 0 Å². The molecule has 0 heterocycles. The Bertz CT molecular complexity index is 575. The number of hydrogen-bond donors (Lipinski definition) is 1. The smallest absolute Gasteiger partial charge is 0.340 e. The second-order valence-electron chi connectivity index (χ2n) is 4.69. The fraction of sp³-hybridized carbons (Fsp3) is 0.364. The van der Waals surface area contributed by atoms with Gasteiger partial charge in [-0.05, 0) is 39.0 Å². The van der Waals surface area contributed by atoms with Gasteiger partial charge in [0, 0.05) is 0 Å². The van der Waals surface area contributed by atoms with Crippen molar-refractivity contribution in [3.05, 3.63) is 28.8 Å². The van der Waals surface area contributed by atoms with E-state index in [0.29, 0.717) is 0 Å². The van der Waals surface area contributed by atoms with E-state index < -0.39 is 21.6 Å². The normalized spacial score (nSPS) is 12.3. The van der Waals surface area contributed by atoms with Crippen molar-refractivity contribution in [2.45, 2.75) is 31.3 Å². The first-order valence-electron chi connectivity index (χ1n) is 5.06. The molecule has 0 unspecified atom stereocenters. The lowest BCUT2D eigenvalue weighted by Gasteiger charge is -2.20. The molecule has 0 aliphatic heterocycles. The maximum atomic E-state index is 11.8. The molecular formula is C11H14ClNO4S. The molecule has 0 aromatic heterocycles. The molecule has 0 saturated heterocycles. The number of carbonyl (C=O) groups excluding carboxylic acids is 1. The number of sulfonamides is 1. The highest BCUT2D eigenvalue weighted by molar-refractivity contribution is 7.89. The molecule has 7 heteroatoms. The van der Waals surface area contributed by atoms with Gasteiger partial charge in [0.05, 0.1) is 15.5 Å². The van der Waals surface area contributed by atoms with Gasteiger partial charge in [0.25, 0.3) is 0 Å². The highest BCUT2D eigenvalue weighted by Gasteiger charge is 2.21. The summed E-state index contributed by atoms with van der Waals surface area (Å²) in [6, 6.07) is 3.62. The summed E-state index contributed by atoms with van der Waals surface area (Å²) in [5.41, 5.74) is -0.726. The lowest BCUT2D eigenvalue weighted by Crippen LogP contribution is -2.24. The molecule has 2 N–H and O–H groups in total. The van der Waals surface area contributed by atoms with Crippen LogP contribution in [0.2, 0.25) is 5.02 Å². The summed E-state index contributed by atoms with van der Waals surface area (Å²) in [6.07, 6.45) is 0. The van der Waals surface area contributed by atoms with Crippen LogP contribution in [0.25, 0.3) is 0 Å². The molecule has 5 nitrogen and oxygen atoms in total. The average molecular weight is 292 g/mol. The molecule has 0 atom stereocenters. The van der Waals surface area contributed by atoms with E-state index in [1.165, 1.54) is 12.1 Å². The molecule has 100 valence electrons. The van der Waals surface area contributed by atoms with Crippen LogP contribution in [0.1, 0.15) is 31.1 Å². The molecule has 0 spiro atoms. The van der Waals surface area contributed by atoms with Crippen molar-refractivity contribution in [2.24, 2.45) is 5.14 Å². The predicted molar refractivity (Wildman–Crippen MR) is 68.0 cm³/mol. The summed E-state index contributed by atoms with van der Waals surface area (Å²) >= 11 is 5.83. The van der Waals surface area contributed by atoms with Crippen LogP contribution in [0.4, 0.5) is 0 Å². The quantitative estimate of drug-likeness (QED) is 0.844. The number of hydrogen-bond acceptors (Lipinski definition) is 4. The van der Waals surface area contributed by atoms with Crippen LogP contribution in [-0.4, -0.2) is 20.0 Å². The molecule has 0 aliphatic carbocycles. The number of primary sulfonamides is 1. The fourth-order valence-corrected chi connectivity index (χ4v) is 1.91.